The third kappa shape index (κ3) is 6.56. The Bertz CT molecular complexity index is 649. The Morgan fingerprint density at radius 3 is 1.60 bits per heavy atom. The van der Waals surface area contributed by atoms with E-state index in [-0.39, 0.29) is 12.5 Å². The van der Waals surface area contributed by atoms with Gasteiger partial charge in [-0.2, -0.15) is 0 Å². The Morgan fingerprint density at radius 1 is 0.840 bits per heavy atom. The summed E-state index contributed by atoms with van der Waals surface area (Å²) >= 11 is 11.7. The van der Waals surface area contributed by atoms with Gasteiger partial charge in [0.1, 0.15) is 11.5 Å². The van der Waals surface area contributed by atoms with Gasteiger partial charge in [0.2, 0.25) is 0 Å². The Hall–Kier alpha value is -1.19. The predicted molar refractivity (Wildman–Crippen MR) is 102 cm³/mol. The molecule has 0 aliphatic carbocycles. The lowest BCUT2D eigenvalue weighted by atomic mass is 10.1. The van der Waals surface area contributed by atoms with Gasteiger partial charge < -0.3 is 9.05 Å². The molecule has 0 atom stereocenters. The molecule has 0 N–H and O–H groups in total. The second-order valence-electron chi connectivity index (χ2n) is 5.52. The summed E-state index contributed by atoms with van der Waals surface area (Å²) in [7, 11) is -3.86. The molecule has 0 aromatic heterocycles. The van der Waals surface area contributed by atoms with Crippen molar-refractivity contribution in [3.63, 3.8) is 0 Å². The molecule has 2 rings (SSSR count). The second kappa shape index (κ2) is 9.49. The normalized spacial score (nSPS) is 11.6. The van der Waals surface area contributed by atoms with Crippen LogP contribution in [0.1, 0.15) is 26.7 Å². The van der Waals surface area contributed by atoms with Crippen LogP contribution in [0.25, 0.3) is 0 Å². The van der Waals surface area contributed by atoms with Gasteiger partial charge in [0, 0.05) is 10.0 Å². The third-order valence-electron chi connectivity index (χ3n) is 3.68. The molecule has 0 fully saturated rings. The van der Waals surface area contributed by atoms with Crippen molar-refractivity contribution < 1.29 is 18.1 Å². The first-order valence-corrected chi connectivity index (χ1v) is 10.3. The molecular formula is C18H21Cl2O4P. The van der Waals surface area contributed by atoms with Crippen molar-refractivity contribution in [1.82, 2.24) is 0 Å². The lowest BCUT2D eigenvalue weighted by molar-refractivity contribution is 0.174. The van der Waals surface area contributed by atoms with Crippen LogP contribution in [-0.4, -0.2) is 6.61 Å². The van der Waals surface area contributed by atoms with Crippen molar-refractivity contribution in [3.8, 4) is 11.5 Å². The first kappa shape index (κ1) is 20.1. The SMILES string of the molecule is CCC(CC)COP(=O)(Oc1ccc(Cl)cc1)Oc1ccc(Cl)cc1. The second-order valence-corrected chi connectivity index (χ2v) is 7.91. The molecule has 136 valence electrons. The van der Waals surface area contributed by atoms with Crippen LogP contribution in [0.15, 0.2) is 48.5 Å². The van der Waals surface area contributed by atoms with Crippen molar-refractivity contribution in [1.29, 1.82) is 0 Å². The average molecular weight is 403 g/mol. The maximum atomic E-state index is 13.1. The molecule has 0 spiro atoms. The Labute approximate surface area is 158 Å². The molecule has 0 unspecified atom stereocenters. The minimum atomic E-state index is -3.86. The van der Waals surface area contributed by atoms with Gasteiger partial charge in [0.15, 0.2) is 0 Å². The zero-order valence-corrected chi connectivity index (χ0v) is 16.6. The highest BCUT2D eigenvalue weighted by molar-refractivity contribution is 7.49. The predicted octanol–water partition coefficient (Wildman–Crippen LogP) is 7.01. The average Bonchev–Trinajstić information content (AvgIpc) is 2.60. The monoisotopic (exact) mass is 402 g/mol. The summed E-state index contributed by atoms with van der Waals surface area (Å²) in [5.41, 5.74) is 0. The highest BCUT2D eigenvalue weighted by atomic mass is 35.5. The van der Waals surface area contributed by atoms with Crippen LogP contribution in [0.2, 0.25) is 10.0 Å². The van der Waals surface area contributed by atoms with Crippen molar-refractivity contribution in [2.24, 2.45) is 5.92 Å². The van der Waals surface area contributed by atoms with Gasteiger partial charge in [-0.3, -0.25) is 4.52 Å². The molecule has 25 heavy (non-hydrogen) atoms. The van der Waals surface area contributed by atoms with E-state index in [2.05, 4.69) is 13.8 Å². The van der Waals surface area contributed by atoms with Crippen LogP contribution < -0.4 is 9.05 Å². The summed E-state index contributed by atoms with van der Waals surface area (Å²) in [6.07, 6.45) is 1.83. The summed E-state index contributed by atoms with van der Waals surface area (Å²) in [5.74, 6) is 0.980. The zero-order valence-electron chi connectivity index (χ0n) is 14.2. The van der Waals surface area contributed by atoms with E-state index < -0.39 is 7.82 Å². The van der Waals surface area contributed by atoms with E-state index in [9.17, 15) is 4.57 Å². The van der Waals surface area contributed by atoms with E-state index in [1.165, 1.54) is 0 Å². The van der Waals surface area contributed by atoms with E-state index >= 15 is 0 Å². The largest absolute Gasteiger partial charge is 0.587 e. The van der Waals surface area contributed by atoms with Crippen molar-refractivity contribution in [2.75, 3.05) is 6.61 Å². The van der Waals surface area contributed by atoms with Gasteiger partial charge in [0.25, 0.3) is 0 Å². The highest BCUT2D eigenvalue weighted by Gasteiger charge is 2.31. The van der Waals surface area contributed by atoms with Crippen LogP contribution >= 0.6 is 31.0 Å². The summed E-state index contributed by atoms with van der Waals surface area (Å²) in [6, 6.07) is 13.0. The van der Waals surface area contributed by atoms with Crippen LogP contribution in [0, 0.1) is 5.92 Å². The van der Waals surface area contributed by atoms with Gasteiger partial charge in [0.05, 0.1) is 6.61 Å². The molecule has 2 aromatic rings. The zero-order chi connectivity index (χ0) is 18.3. The summed E-state index contributed by atoms with van der Waals surface area (Å²) in [5, 5.41) is 1.11. The molecule has 0 heterocycles. The standard InChI is InChI=1S/C18H21Cl2O4P/c1-3-14(4-2)13-22-25(21,23-17-9-5-15(19)6-10-17)24-18-11-7-16(20)8-12-18/h5-12,14H,3-4,13H2,1-2H3. The number of phosphoric acid groups is 1. The van der Waals surface area contributed by atoms with E-state index in [1.54, 1.807) is 48.5 Å². The lowest BCUT2D eigenvalue weighted by Crippen LogP contribution is -2.11. The number of rotatable bonds is 9. The highest BCUT2D eigenvalue weighted by Crippen LogP contribution is 2.50. The Balaban J connectivity index is 2.18. The molecule has 0 radical (unpaired) electrons. The number of halogens is 2. The molecule has 7 heteroatoms. The van der Waals surface area contributed by atoms with Gasteiger partial charge in [-0.15, -0.1) is 0 Å². The van der Waals surface area contributed by atoms with E-state index in [0.29, 0.717) is 21.5 Å². The summed E-state index contributed by atoms with van der Waals surface area (Å²) in [4.78, 5) is 0. The van der Waals surface area contributed by atoms with Crippen molar-refractivity contribution >= 4 is 31.0 Å². The molecule has 0 aliphatic rings. The quantitative estimate of drug-likeness (QED) is 0.423. The van der Waals surface area contributed by atoms with Gasteiger partial charge in [-0.25, -0.2) is 4.57 Å². The molecule has 2 aromatic carbocycles. The molecular weight excluding hydrogens is 382 g/mol. The van der Waals surface area contributed by atoms with Gasteiger partial charge >= 0.3 is 7.82 Å². The van der Waals surface area contributed by atoms with Crippen LogP contribution in [0.4, 0.5) is 0 Å². The Morgan fingerprint density at radius 2 is 1.24 bits per heavy atom. The first-order valence-electron chi connectivity index (χ1n) is 8.09. The van der Waals surface area contributed by atoms with Crippen LogP contribution in [0.5, 0.6) is 11.5 Å². The fraction of sp³-hybridized carbons (Fsp3) is 0.333. The summed E-state index contributed by atoms with van der Waals surface area (Å²) in [6.45, 7) is 4.40. The molecule has 0 saturated heterocycles. The fourth-order valence-electron chi connectivity index (χ4n) is 2.04. The van der Waals surface area contributed by atoms with Crippen LogP contribution in [-0.2, 0) is 9.09 Å². The van der Waals surface area contributed by atoms with Crippen molar-refractivity contribution in [2.45, 2.75) is 26.7 Å². The van der Waals surface area contributed by atoms with E-state index in [4.69, 9.17) is 36.8 Å². The van der Waals surface area contributed by atoms with E-state index in [1.807, 2.05) is 0 Å². The first-order chi connectivity index (χ1) is 11.9. The molecule has 0 amide bonds. The minimum Gasteiger partial charge on any atom is -0.395 e. The lowest BCUT2D eigenvalue weighted by Gasteiger charge is -2.21. The molecule has 0 aliphatic heterocycles. The number of hydrogen-bond donors (Lipinski definition) is 0. The van der Waals surface area contributed by atoms with Crippen molar-refractivity contribution in [3.05, 3.63) is 58.6 Å². The maximum Gasteiger partial charge on any atom is 0.587 e. The molecule has 0 saturated carbocycles. The summed E-state index contributed by atoms with van der Waals surface area (Å²) < 4.78 is 29.8. The fourth-order valence-corrected chi connectivity index (χ4v) is 3.59. The van der Waals surface area contributed by atoms with Gasteiger partial charge in [-0.05, 0) is 54.4 Å². The molecule has 4 nitrogen and oxygen atoms in total. The number of hydrogen-bond acceptors (Lipinski definition) is 4. The maximum absolute atomic E-state index is 13.1. The number of phosphoric ester groups is 1. The van der Waals surface area contributed by atoms with Gasteiger partial charge in [-0.1, -0.05) is 49.9 Å². The molecule has 0 bridgehead atoms. The van der Waals surface area contributed by atoms with E-state index in [0.717, 1.165) is 12.8 Å². The number of benzene rings is 2. The smallest absolute Gasteiger partial charge is 0.395 e. The minimum absolute atomic E-state index is 0.274. The third-order valence-corrected chi connectivity index (χ3v) is 5.52. The van der Waals surface area contributed by atoms with Crippen LogP contribution in [0.3, 0.4) is 0 Å². The topological polar surface area (TPSA) is 44.8 Å². The Kier molecular flexibility index (Phi) is 7.64.